The molecule has 2 aliphatic rings. The van der Waals surface area contributed by atoms with Gasteiger partial charge in [0, 0.05) is 24.0 Å². The number of halogens is 1. The minimum Gasteiger partial charge on any atom is -0.490 e. The van der Waals surface area contributed by atoms with Crippen molar-refractivity contribution in [3.8, 4) is 5.75 Å². The molecule has 1 aromatic carbocycles. The Morgan fingerprint density at radius 1 is 1.42 bits per heavy atom. The summed E-state index contributed by atoms with van der Waals surface area (Å²) >= 11 is 0. The van der Waals surface area contributed by atoms with Gasteiger partial charge in [0.15, 0.2) is 0 Å². The summed E-state index contributed by atoms with van der Waals surface area (Å²) in [6.45, 7) is 1.49. The lowest BCUT2D eigenvalue weighted by molar-refractivity contribution is -0.0570. The molecule has 2 heterocycles. The number of fused-ring (bicyclic) bond motifs is 1. The monoisotopic (exact) mass is 266 g/mol. The van der Waals surface area contributed by atoms with E-state index >= 15 is 0 Å². The van der Waals surface area contributed by atoms with Crippen molar-refractivity contribution in [1.82, 2.24) is 0 Å². The molecule has 104 valence electrons. The molecule has 0 saturated carbocycles. The highest BCUT2D eigenvalue weighted by Crippen LogP contribution is 2.38. The highest BCUT2D eigenvalue weighted by Gasteiger charge is 2.37. The van der Waals surface area contributed by atoms with Gasteiger partial charge in [0.2, 0.25) is 0 Å². The zero-order chi connectivity index (χ0) is 13.3. The molecule has 1 N–H and O–H groups in total. The minimum atomic E-state index is -0.221. The van der Waals surface area contributed by atoms with Crippen molar-refractivity contribution in [2.24, 2.45) is 5.41 Å². The summed E-state index contributed by atoms with van der Waals surface area (Å²) in [5, 5.41) is 9.67. The third-order valence-electron chi connectivity index (χ3n) is 4.16. The Bertz CT molecular complexity index is 455. The van der Waals surface area contributed by atoms with Crippen LogP contribution in [0.25, 0.3) is 0 Å². The second kappa shape index (κ2) is 5.10. The Balaban J connectivity index is 1.69. The predicted octanol–water partition coefficient (Wildman–Crippen LogP) is 2.31. The summed E-state index contributed by atoms with van der Waals surface area (Å²) in [6, 6.07) is 4.65. The molecule has 1 fully saturated rings. The summed E-state index contributed by atoms with van der Waals surface area (Å²) in [4.78, 5) is 0. The van der Waals surface area contributed by atoms with E-state index in [4.69, 9.17) is 9.47 Å². The van der Waals surface area contributed by atoms with E-state index in [0.717, 1.165) is 43.6 Å². The molecule has 0 spiro atoms. The van der Waals surface area contributed by atoms with Crippen LogP contribution in [-0.4, -0.2) is 31.0 Å². The van der Waals surface area contributed by atoms with Crippen LogP contribution in [-0.2, 0) is 11.2 Å². The van der Waals surface area contributed by atoms with Crippen LogP contribution in [0.4, 0.5) is 4.39 Å². The van der Waals surface area contributed by atoms with Gasteiger partial charge in [0.05, 0.1) is 13.2 Å². The minimum absolute atomic E-state index is 0.0191. The number of rotatable bonds is 3. The Kier molecular flexibility index (Phi) is 3.46. The van der Waals surface area contributed by atoms with Gasteiger partial charge in [-0.05, 0) is 37.5 Å². The topological polar surface area (TPSA) is 38.7 Å². The molecule has 0 bridgehead atoms. The first-order valence-electron chi connectivity index (χ1n) is 6.84. The molecule has 3 nitrogen and oxygen atoms in total. The molecule has 3 rings (SSSR count). The van der Waals surface area contributed by atoms with E-state index in [2.05, 4.69) is 0 Å². The fourth-order valence-corrected chi connectivity index (χ4v) is 3.15. The maximum atomic E-state index is 13.2. The lowest BCUT2D eigenvalue weighted by Gasteiger charge is -2.36. The Labute approximate surface area is 112 Å². The van der Waals surface area contributed by atoms with Crippen molar-refractivity contribution in [1.29, 1.82) is 0 Å². The van der Waals surface area contributed by atoms with Crippen LogP contribution in [0.3, 0.4) is 0 Å². The molecule has 0 radical (unpaired) electrons. The molecular formula is C15H19FO3. The molecule has 0 aromatic heterocycles. The maximum absolute atomic E-state index is 13.2. The van der Waals surface area contributed by atoms with Gasteiger partial charge in [-0.2, -0.15) is 0 Å². The number of hydrogen-bond acceptors (Lipinski definition) is 3. The Morgan fingerprint density at radius 3 is 3.05 bits per heavy atom. The smallest absolute Gasteiger partial charge is 0.123 e. The van der Waals surface area contributed by atoms with Crippen LogP contribution in [0.2, 0.25) is 0 Å². The highest BCUT2D eigenvalue weighted by molar-refractivity contribution is 5.37. The first kappa shape index (κ1) is 12.9. The van der Waals surface area contributed by atoms with Crippen molar-refractivity contribution < 1.29 is 19.0 Å². The standard InChI is InChI=1S/C15H19FO3/c16-12-2-3-14-11(6-12)7-13(19-14)8-15(9-17)4-1-5-18-10-15/h2-3,6,13,17H,1,4-5,7-10H2. The van der Waals surface area contributed by atoms with E-state index in [9.17, 15) is 9.50 Å². The van der Waals surface area contributed by atoms with Gasteiger partial charge in [-0.1, -0.05) is 0 Å². The molecule has 0 amide bonds. The van der Waals surface area contributed by atoms with Crippen LogP contribution in [0, 0.1) is 11.2 Å². The van der Waals surface area contributed by atoms with E-state index in [0.29, 0.717) is 6.61 Å². The van der Waals surface area contributed by atoms with Crippen LogP contribution < -0.4 is 4.74 Å². The Morgan fingerprint density at radius 2 is 2.32 bits per heavy atom. The molecule has 1 aromatic rings. The van der Waals surface area contributed by atoms with Crippen molar-refractivity contribution >= 4 is 0 Å². The largest absolute Gasteiger partial charge is 0.490 e. The second-order valence-electron chi connectivity index (χ2n) is 5.71. The summed E-state index contributed by atoms with van der Waals surface area (Å²) in [5.41, 5.74) is 0.735. The van der Waals surface area contributed by atoms with E-state index in [1.54, 1.807) is 12.1 Å². The number of aliphatic hydroxyl groups excluding tert-OH is 1. The lowest BCUT2D eigenvalue weighted by atomic mass is 9.78. The molecule has 2 aliphatic heterocycles. The third kappa shape index (κ3) is 2.60. The number of hydrogen-bond donors (Lipinski definition) is 1. The number of benzene rings is 1. The van der Waals surface area contributed by atoms with E-state index in [1.807, 2.05) is 0 Å². The van der Waals surface area contributed by atoms with Crippen molar-refractivity contribution in [2.45, 2.75) is 31.8 Å². The zero-order valence-electron chi connectivity index (χ0n) is 10.9. The summed E-state index contributed by atoms with van der Waals surface area (Å²) in [6.07, 6.45) is 3.45. The number of aliphatic hydroxyl groups is 1. The quantitative estimate of drug-likeness (QED) is 0.912. The molecule has 1 saturated heterocycles. The van der Waals surface area contributed by atoms with E-state index in [1.165, 1.54) is 6.07 Å². The zero-order valence-corrected chi connectivity index (χ0v) is 10.9. The van der Waals surface area contributed by atoms with E-state index < -0.39 is 0 Å². The third-order valence-corrected chi connectivity index (χ3v) is 4.16. The van der Waals surface area contributed by atoms with Gasteiger partial charge < -0.3 is 14.6 Å². The fourth-order valence-electron chi connectivity index (χ4n) is 3.15. The van der Waals surface area contributed by atoms with Crippen LogP contribution in [0.5, 0.6) is 5.75 Å². The molecule has 2 unspecified atom stereocenters. The Hall–Kier alpha value is -1.13. The van der Waals surface area contributed by atoms with Crippen LogP contribution >= 0.6 is 0 Å². The second-order valence-corrected chi connectivity index (χ2v) is 5.71. The van der Waals surface area contributed by atoms with Crippen LogP contribution in [0.15, 0.2) is 18.2 Å². The SMILES string of the molecule is OCC1(CC2Cc3cc(F)ccc3O2)CCCOC1. The lowest BCUT2D eigenvalue weighted by Crippen LogP contribution is -2.39. The normalized spacial score (nSPS) is 29.9. The maximum Gasteiger partial charge on any atom is 0.123 e. The first-order chi connectivity index (χ1) is 9.21. The highest BCUT2D eigenvalue weighted by atomic mass is 19.1. The molecule has 4 heteroatoms. The van der Waals surface area contributed by atoms with Crippen LogP contribution in [0.1, 0.15) is 24.8 Å². The van der Waals surface area contributed by atoms with Gasteiger partial charge in [-0.15, -0.1) is 0 Å². The van der Waals surface area contributed by atoms with Gasteiger partial charge in [-0.25, -0.2) is 4.39 Å². The average molecular weight is 266 g/mol. The fraction of sp³-hybridized carbons (Fsp3) is 0.600. The molecule has 19 heavy (non-hydrogen) atoms. The van der Waals surface area contributed by atoms with Crippen molar-refractivity contribution in [3.05, 3.63) is 29.6 Å². The van der Waals surface area contributed by atoms with Gasteiger partial charge in [0.25, 0.3) is 0 Å². The predicted molar refractivity (Wildman–Crippen MR) is 68.7 cm³/mol. The number of ether oxygens (including phenoxy) is 2. The first-order valence-corrected chi connectivity index (χ1v) is 6.84. The summed E-state index contributed by atoms with van der Waals surface area (Å²) in [7, 11) is 0. The summed E-state index contributed by atoms with van der Waals surface area (Å²) in [5.74, 6) is 0.553. The average Bonchev–Trinajstić information content (AvgIpc) is 2.81. The molecular weight excluding hydrogens is 247 g/mol. The van der Waals surface area contributed by atoms with E-state index in [-0.39, 0.29) is 23.9 Å². The van der Waals surface area contributed by atoms with Gasteiger partial charge >= 0.3 is 0 Å². The van der Waals surface area contributed by atoms with Crippen molar-refractivity contribution in [3.63, 3.8) is 0 Å². The molecule has 0 aliphatic carbocycles. The van der Waals surface area contributed by atoms with Crippen molar-refractivity contribution in [2.75, 3.05) is 19.8 Å². The van der Waals surface area contributed by atoms with Gasteiger partial charge in [-0.3, -0.25) is 0 Å². The van der Waals surface area contributed by atoms with Gasteiger partial charge in [0.1, 0.15) is 17.7 Å². The molecule has 2 atom stereocenters. The summed E-state index contributed by atoms with van der Waals surface area (Å²) < 4.78 is 24.5.